The molecule has 1 aromatic heterocycles. The molecule has 0 unspecified atom stereocenters. The minimum absolute atomic E-state index is 0.0116. The molecule has 36 heavy (non-hydrogen) atoms. The van der Waals surface area contributed by atoms with E-state index in [1.807, 2.05) is 13.8 Å². The third kappa shape index (κ3) is 7.47. The first-order chi connectivity index (χ1) is 16.7. The molecular formula is C26H38N4O6. The first kappa shape index (κ1) is 28.7. The molecule has 3 N–H and O–H groups in total. The zero-order valence-electron chi connectivity index (χ0n) is 22.1. The minimum atomic E-state index is -1.42. The van der Waals surface area contributed by atoms with Crippen molar-refractivity contribution in [1.82, 2.24) is 15.0 Å². The fourth-order valence-electron chi connectivity index (χ4n) is 3.51. The van der Waals surface area contributed by atoms with Crippen molar-refractivity contribution in [1.29, 1.82) is 0 Å². The molecule has 0 aliphatic carbocycles. The van der Waals surface area contributed by atoms with Crippen LogP contribution in [0.4, 0.5) is 0 Å². The highest BCUT2D eigenvalue weighted by Gasteiger charge is 2.38. The fourth-order valence-corrected chi connectivity index (χ4v) is 3.51. The van der Waals surface area contributed by atoms with Crippen LogP contribution in [0.5, 0.6) is 5.88 Å². The summed E-state index contributed by atoms with van der Waals surface area (Å²) in [5, 5.41) is 14.5. The van der Waals surface area contributed by atoms with Gasteiger partial charge in [0.2, 0.25) is 11.8 Å². The van der Waals surface area contributed by atoms with E-state index in [9.17, 15) is 24.3 Å². The van der Waals surface area contributed by atoms with Gasteiger partial charge in [0.05, 0.1) is 12.2 Å². The Balaban J connectivity index is 2.57. The van der Waals surface area contributed by atoms with E-state index in [1.165, 1.54) is 0 Å². The molecule has 1 atom stereocenters. The molecule has 0 radical (unpaired) electrons. The van der Waals surface area contributed by atoms with E-state index in [-0.39, 0.29) is 30.5 Å². The third-order valence-corrected chi connectivity index (χ3v) is 5.33. The van der Waals surface area contributed by atoms with Gasteiger partial charge in [-0.25, -0.2) is 14.6 Å². The van der Waals surface area contributed by atoms with Gasteiger partial charge in [-0.2, -0.15) is 4.68 Å². The smallest absolute Gasteiger partial charge is 0.348 e. The first-order valence-corrected chi connectivity index (χ1v) is 12.1. The molecule has 1 heterocycles. The van der Waals surface area contributed by atoms with E-state index in [4.69, 9.17) is 4.74 Å². The zero-order chi connectivity index (χ0) is 27.2. The maximum absolute atomic E-state index is 13.5. The van der Waals surface area contributed by atoms with Crippen LogP contribution in [-0.4, -0.2) is 50.7 Å². The first-order valence-electron chi connectivity index (χ1n) is 12.1. The summed E-state index contributed by atoms with van der Waals surface area (Å²) in [5.74, 6) is -2.42. The fraction of sp³-hybridized carbons (Fsp3) is 0.538. The predicted octanol–water partition coefficient (Wildman–Crippen LogP) is 3.05. The van der Waals surface area contributed by atoms with Crippen LogP contribution in [0.2, 0.25) is 0 Å². The number of rotatable bonds is 10. The SMILES string of the molecule is CC(C)CCC(=O)N([C@H](CNC(=O)c1ccccc1)C(=O)OC(C)(C)C)n1c(O)c(C(C)C)[nH]c1=O. The molecular weight excluding hydrogens is 464 g/mol. The molecule has 0 spiro atoms. The molecule has 1 aromatic carbocycles. The van der Waals surface area contributed by atoms with Gasteiger partial charge in [0.25, 0.3) is 5.91 Å². The van der Waals surface area contributed by atoms with Crippen molar-refractivity contribution in [2.75, 3.05) is 11.6 Å². The van der Waals surface area contributed by atoms with Crippen LogP contribution < -0.4 is 16.0 Å². The highest BCUT2D eigenvalue weighted by atomic mass is 16.6. The number of benzene rings is 1. The van der Waals surface area contributed by atoms with E-state index in [0.717, 1.165) is 9.69 Å². The number of aromatic hydroxyl groups is 1. The number of imidazole rings is 1. The summed E-state index contributed by atoms with van der Waals surface area (Å²) in [7, 11) is 0. The van der Waals surface area contributed by atoms with Gasteiger partial charge < -0.3 is 20.1 Å². The summed E-state index contributed by atoms with van der Waals surface area (Å²) in [6.07, 6.45) is 0.501. The number of ether oxygens (including phenoxy) is 1. The molecule has 198 valence electrons. The Bertz CT molecular complexity index is 1110. The molecule has 0 saturated carbocycles. The topological polar surface area (TPSA) is 134 Å². The number of nitrogens with one attached hydrogen (secondary N) is 2. The van der Waals surface area contributed by atoms with Gasteiger partial charge in [-0.15, -0.1) is 0 Å². The maximum atomic E-state index is 13.5. The Labute approximate surface area is 211 Å². The molecule has 0 aliphatic heterocycles. The average Bonchev–Trinajstić information content (AvgIpc) is 3.08. The second kappa shape index (κ2) is 11.9. The Hall–Kier alpha value is -3.56. The normalized spacial score (nSPS) is 12.5. The molecule has 2 amide bonds. The number of H-pyrrole nitrogens is 1. The second-order valence-corrected chi connectivity index (χ2v) is 10.4. The molecule has 10 nitrogen and oxygen atoms in total. The Morgan fingerprint density at radius 1 is 1.11 bits per heavy atom. The van der Waals surface area contributed by atoms with Gasteiger partial charge in [0.1, 0.15) is 5.60 Å². The third-order valence-electron chi connectivity index (χ3n) is 5.33. The predicted molar refractivity (Wildman–Crippen MR) is 137 cm³/mol. The van der Waals surface area contributed by atoms with Crippen molar-refractivity contribution < 1.29 is 24.2 Å². The minimum Gasteiger partial charge on any atom is -0.492 e. The lowest BCUT2D eigenvalue weighted by Crippen LogP contribution is -2.59. The van der Waals surface area contributed by atoms with E-state index in [2.05, 4.69) is 10.3 Å². The van der Waals surface area contributed by atoms with Crippen LogP contribution in [0.15, 0.2) is 35.1 Å². The lowest BCUT2D eigenvalue weighted by molar-refractivity contribution is -0.157. The van der Waals surface area contributed by atoms with Crippen molar-refractivity contribution >= 4 is 17.8 Å². The quantitative estimate of drug-likeness (QED) is 0.428. The largest absolute Gasteiger partial charge is 0.492 e. The standard InChI is InChI=1S/C26H38N4O6/c1-16(2)13-14-20(31)29(30-23(33)21(17(3)4)28-25(30)35)19(24(34)36-26(5,6)7)15-27-22(32)18-11-9-8-10-12-18/h8-12,16-17,19,33H,13-15H2,1-7H3,(H,27,32)(H,28,35)/t19-/m1/s1. The van der Waals surface area contributed by atoms with Crippen LogP contribution in [0.1, 0.15) is 83.3 Å². The average molecular weight is 503 g/mol. The Kier molecular flexibility index (Phi) is 9.49. The number of amides is 2. The van der Waals surface area contributed by atoms with Crippen LogP contribution in [0.3, 0.4) is 0 Å². The van der Waals surface area contributed by atoms with Crippen molar-refractivity contribution in [3.8, 4) is 5.88 Å². The summed E-state index contributed by atoms with van der Waals surface area (Å²) in [6, 6.07) is 6.97. The van der Waals surface area contributed by atoms with Crippen molar-refractivity contribution in [3.05, 3.63) is 52.1 Å². The number of hydrogen-bond donors (Lipinski definition) is 3. The van der Waals surface area contributed by atoms with Gasteiger partial charge in [-0.1, -0.05) is 45.9 Å². The molecule has 0 bridgehead atoms. The molecule has 0 fully saturated rings. The Morgan fingerprint density at radius 2 is 1.72 bits per heavy atom. The number of carbonyl (C=O) groups excluding carboxylic acids is 3. The van der Waals surface area contributed by atoms with Gasteiger partial charge in [-0.3, -0.25) is 9.59 Å². The number of aromatic nitrogens is 2. The lowest BCUT2D eigenvalue weighted by atomic mass is 10.1. The number of esters is 1. The summed E-state index contributed by atoms with van der Waals surface area (Å²) < 4.78 is 6.32. The van der Waals surface area contributed by atoms with E-state index < -0.39 is 41.0 Å². The van der Waals surface area contributed by atoms with Crippen molar-refractivity contribution in [3.63, 3.8) is 0 Å². The van der Waals surface area contributed by atoms with Crippen molar-refractivity contribution in [2.45, 2.75) is 78.9 Å². The van der Waals surface area contributed by atoms with Crippen LogP contribution in [0, 0.1) is 5.92 Å². The van der Waals surface area contributed by atoms with Gasteiger partial charge in [-0.05, 0) is 51.2 Å². The number of aromatic amines is 1. The van der Waals surface area contributed by atoms with Crippen LogP contribution in [0.25, 0.3) is 0 Å². The number of carbonyl (C=O) groups is 3. The van der Waals surface area contributed by atoms with E-state index >= 15 is 0 Å². The van der Waals surface area contributed by atoms with Crippen LogP contribution >= 0.6 is 0 Å². The highest BCUT2D eigenvalue weighted by molar-refractivity contribution is 5.96. The summed E-state index contributed by atoms with van der Waals surface area (Å²) in [5.41, 5.74) is -1.10. The monoisotopic (exact) mass is 502 g/mol. The van der Waals surface area contributed by atoms with Crippen molar-refractivity contribution in [2.24, 2.45) is 5.92 Å². The Morgan fingerprint density at radius 3 is 2.22 bits per heavy atom. The summed E-state index contributed by atoms with van der Waals surface area (Å²) in [6.45, 7) is 12.1. The van der Waals surface area contributed by atoms with E-state index in [0.29, 0.717) is 12.0 Å². The summed E-state index contributed by atoms with van der Waals surface area (Å²) in [4.78, 5) is 55.1. The lowest BCUT2D eigenvalue weighted by Gasteiger charge is -2.33. The molecule has 2 rings (SSSR count). The van der Waals surface area contributed by atoms with E-state index in [1.54, 1.807) is 65.0 Å². The molecule has 2 aromatic rings. The van der Waals surface area contributed by atoms with Gasteiger partial charge in [0.15, 0.2) is 6.04 Å². The maximum Gasteiger partial charge on any atom is 0.348 e. The second-order valence-electron chi connectivity index (χ2n) is 10.4. The van der Waals surface area contributed by atoms with Gasteiger partial charge in [0, 0.05) is 12.0 Å². The molecule has 10 heteroatoms. The molecule has 0 saturated heterocycles. The van der Waals surface area contributed by atoms with Gasteiger partial charge >= 0.3 is 11.7 Å². The zero-order valence-corrected chi connectivity index (χ0v) is 22.1. The highest BCUT2D eigenvalue weighted by Crippen LogP contribution is 2.24. The number of hydrogen-bond acceptors (Lipinski definition) is 6. The summed E-state index contributed by atoms with van der Waals surface area (Å²) >= 11 is 0. The molecule has 0 aliphatic rings. The number of nitrogens with zero attached hydrogens (tertiary/aromatic N) is 2. The van der Waals surface area contributed by atoms with Crippen LogP contribution in [-0.2, 0) is 14.3 Å².